The molecular formula is C17H27N5O3. The summed E-state index contributed by atoms with van der Waals surface area (Å²) in [4.78, 5) is 28.3. The molecule has 0 radical (unpaired) electrons. The summed E-state index contributed by atoms with van der Waals surface area (Å²) in [6.07, 6.45) is 3.18. The van der Waals surface area contributed by atoms with Crippen molar-refractivity contribution in [2.45, 2.75) is 25.2 Å². The molecule has 0 atom stereocenters. The van der Waals surface area contributed by atoms with Crippen molar-refractivity contribution in [2.75, 3.05) is 53.0 Å². The fraction of sp³-hybridized carbons (Fsp3) is 0.706. The molecule has 1 aliphatic heterocycles. The number of nitrogens with zero attached hydrogens (tertiary/aromatic N) is 3. The normalized spacial score (nSPS) is 18.4. The molecule has 0 bridgehead atoms. The van der Waals surface area contributed by atoms with E-state index in [0.717, 1.165) is 12.1 Å². The van der Waals surface area contributed by atoms with Crippen LogP contribution in [-0.2, 0) is 9.53 Å². The van der Waals surface area contributed by atoms with Gasteiger partial charge in [0.1, 0.15) is 5.69 Å². The SMILES string of the molecule is COCCCNC(=O)CN1CCN(C(=O)c2cc(C3CC3)[nH]n2)CC1. The topological polar surface area (TPSA) is 90.6 Å². The van der Waals surface area contributed by atoms with Gasteiger partial charge in [-0.15, -0.1) is 0 Å². The van der Waals surface area contributed by atoms with Gasteiger partial charge in [0.15, 0.2) is 0 Å². The summed E-state index contributed by atoms with van der Waals surface area (Å²) in [5, 5.41) is 10.0. The van der Waals surface area contributed by atoms with E-state index in [1.165, 1.54) is 12.8 Å². The first-order valence-corrected chi connectivity index (χ1v) is 9.00. The summed E-state index contributed by atoms with van der Waals surface area (Å²) < 4.78 is 4.96. The number of methoxy groups -OCH3 is 1. The van der Waals surface area contributed by atoms with Crippen LogP contribution >= 0.6 is 0 Å². The Labute approximate surface area is 147 Å². The maximum Gasteiger partial charge on any atom is 0.274 e. The number of ether oxygens (including phenoxy) is 1. The standard InChI is InChI=1S/C17H27N5O3/c1-25-10-2-5-18-16(23)12-21-6-8-22(9-7-21)17(24)15-11-14(19-20-15)13-3-4-13/h11,13H,2-10,12H2,1H3,(H,18,23)(H,19,20). The highest BCUT2D eigenvalue weighted by molar-refractivity contribution is 5.92. The van der Waals surface area contributed by atoms with Crippen molar-refractivity contribution in [3.63, 3.8) is 0 Å². The maximum atomic E-state index is 12.5. The lowest BCUT2D eigenvalue weighted by molar-refractivity contribution is -0.122. The lowest BCUT2D eigenvalue weighted by Crippen LogP contribution is -2.51. The number of aromatic amines is 1. The molecule has 0 aromatic carbocycles. The van der Waals surface area contributed by atoms with Crippen molar-refractivity contribution < 1.29 is 14.3 Å². The van der Waals surface area contributed by atoms with Gasteiger partial charge < -0.3 is 15.0 Å². The molecule has 1 aromatic rings. The molecule has 3 rings (SSSR count). The molecule has 2 heterocycles. The van der Waals surface area contributed by atoms with Crippen LogP contribution in [0.3, 0.4) is 0 Å². The fourth-order valence-electron chi connectivity index (χ4n) is 3.02. The summed E-state index contributed by atoms with van der Waals surface area (Å²) >= 11 is 0. The number of rotatable bonds is 8. The zero-order valence-electron chi connectivity index (χ0n) is 14.8. The third-order valence-corrected chi connectivity index (χ3v) is 4.71. The molecule has 2 amide bonds. The largest absolute Gasteiger partial charge is 0.385 e. The first-order chi connectivity index (χ1) is 12.2. The highest BCUT2D eigenvalue weighted by atomic mass is 16.5. The van der Waals surface area contributed by atoms with Crippen molar-refractivity contribution >= 4 is 11.8 Å². The van der Waals surface area contributed by atoms with Crippen LogP contribution in [0.15, 0.2) is 6.07 Å². The van der Waals surface area contributed by atoms with E-state index < -0.39 is 0 Å². The predicted molar refractivity (Wildman–Crippen MR) is 92.4 cm³/mol. The number of hydrogen-bond donors (Lipinski definition) is 2. The number of nitrogens with one attached hydrogen (secondary N) is 2. The third kappa shape index (κ3) is 5.02. The molecule has 1 aromatic heterocycles. The number of carbonyl (C=O) groups excluding carboxylic acids is 2. The maximum absolute atomic E-state index is 12.5. The molecule has 25 heavy (non-hydrogen) atoms. The molecule has 1 saturated heterocycles. The molecule has 0 unspecified atom stereocenters. The minimum atomic E-state index is -0.0215. The van der Waals surface area contributed by atoms with Crippen LogP contribution in [0.5, 0.6) is 0 Å². The minimum absolute atomic E-state index is 0.0215. The van der Waals surface area contributed by atoms with E-state index in [-0.39, 0.29) is 11.8 Å². The number of H-pyrrole nitrogens is 1. The molecule has 1 saturated carbocycles. The van der Waals surface area contributed by atoms with Crippen molar-refractivity contribution in [1.29, 1.82) is 0 Å². The van der Waals surface area contributed by atoms with Crippen LogP contribution in [0, 0.1) is 0 Å². The van der Waals surface area contributed by atoms with Crippen LogP contribution in [-0.4, -0.2) is 84.8 Å². The van der Waals surface area contributed by atoms with Crippen LogP contribution < -0.4 is 5.32 Å². The quantitative estimate of drug-likeness (QED) is 0.654. The Hall–Kier alpha value is -1.93. The van der Waals surface area contributed by atoms with Crippen LogP contribution in [0.2, 0.25) is 0 Å². The van der Waals surface area contributed by atoms with Crippen LogP contribution in [0.25, 0.3) is 0 Å². The second kappa shape index (κ2) is 8.44. The van der Waals surface area contributed by atoms with Crippen molar-refractivity contribution in [3.8, 4) is 0 Å². The Morgan fingerprint density at radius 2 is 2.08 bits per heavy atom. The monoisotopic (exact) mass is 349 g/mol. The van der Waals surface area contributed by atoms with E-state index in [1.54, 1.807) is 7.11 Å². The Morgan fingerprint density at radius 3 is 2.76 bits per heavy atom. The van der Waals surface area contributed by atoms with E-state index >= 15 is 0 Å². The molecule has 8 heteroatoms. The van der Waals surface area contributed by atoms with Gasteiger partial charge >= 0.3 is 0 Å². The third-order valence-electron chi connectivity index (χ3n) is 4.71. The number of amides is 2. The van der Waals surface area contributed by atoms with Gasteiger partial charge in [0, 0.05) is 58.1 Å². The van der Waals surface area contributed by atoms with Gasteiger partial charge in [-0.2, -0.15) is 5.10 Å². The smallest absolute Gasteiger partial charge is 0.274 e. The Bertz CT molecular complexity index is 591. The van der Waals surface area contributed by atoms with Gasteiger partial charge in [-0.05, 0) is 25.3 Å². The zero-order valence-corrected chi connectivity index (χ0v) is 14.8. The van der Waals surface area contributed by atoms with Gasteiger partial charge in [0.2, 0.25) is 5.91 Å². The first kappa shape index (κ1) is 17.9. The molecule has 138 valence electrons. The van der Waals surface area contributed by atoms with E-state index in [4.69, 9.17) is 4.74 Å². The highest BCUT2D eigenvalue weighted by Gasteiger charge is 2.29. The van der Waals surface area contributed by atoms with E-state index in [9.17, 15) is 9.59 Å². The zero-order chi connectivity index (χ0) is 17.6. The lowest BCUT2D eigenvalue weighted by atomic mass is 10.2. The van der Waals surface area contributed by atoms with Gasteiger partial charge in [-0.25, -0.2) is 0 Å². The summed E-state index contributed by atoms with van der Waals surface area (Å²) in [5.74, 6) is 0.567. The number of aromatic nitrogens is 2. The first-order valence-electron chi connectivity index (χ1n) is 9.00. The molecule has 0 spiro atoms. The summed E-state index contributed by atoms with van der Waals surface area (Å²) in [5.41, 5.74) is 1.58. The molecule has 2 N–H and O–H groups in total. The fourth-order valence-corrected chi connectivity index (χ4v) is 3.02. The van der Waals surface area contributed by atoms with Crippen LogP contribution in [0.1, 0.15) is 41.4 Å². The van der Waals surface area contributed by atoms with Gasteiger partial charge in [-0.3, -0.25) is 19.6 Å². The summed E-state index contributed by atoms with van der Waals surface area (Å²) in [6, 6.07) is 1.89. The lowest BCUT2D eigenvalue weighted by Gasteiger charge is -2.33. The Kier molecular flexibility index (Phi) is 6.04. The van der Waals surface area contributed by atoms with E-state index in [0.29, 0.717) is 57.5 Å². The molecule has 8 nitrogen and oxygen atoms in total. The number of hydrogen-bond acceptors (Lipinski definition) is 5. The van der Waals surface area contributed by atoms with Crippen molar-refractivity contribution in [1.82, 2.24) is 25.3 Å². The van der Waals surface area contributed by atoms with E-state index in [2.05, 4.69) is 20.4 Å². The molecule has 2 fully saturated rings. The predicted octanol–water partition coefficient (Wildman–Crippen LogP) is 0.198. The molecular weight excluding hydrogens is 322 g/mol. The average Bonchev–Trinajstić information content (AvgIpc) is 3.36. The summed E-state index contributed by atoms with van der Waals surface area (Å²) in [6.45, 7) is 4.32. The van der Waals surface area contributed by atoms with Crippen molar-refractivity contribution in [3.05, 3.63) is 17.5 Å². The number of piperazine rings is 1. The second-order valence-electron chi connectivity index (χ2n) is 6.75. The van der Waals surface area contributed by atoms with E-state index in [1.807, 2.05) is 11.0 Å². The van der Waals surface area contributed by atoms with Gasteiger partial charge in [0.05, 0.1) is 6.54 Å². The minimum Gasteiger partial charge on any atom is -0.385 e. The van der Waals surface area contributed by atoms with Gasteiger partial charge in [-0.1, -0.05) is 0 Å². The Balaban J connectivity index is 1.38. The number of carbonyl (C=O) groups is 2. The Morgan fingerprint density at radius 1 is 1.32 bits per heavy atom. The average molecular weight is 349 g/mol. The highest BCUT2D eigenvalue weighted by Crippen LogP contribution is 2.39. The van der Waals surface area contributed by atoms with Crippen LogP contribution in [0.4, 0.5) is 0 Å². The molecule has 2 aliphatic rings. The van der Waals surface area contributed by atoms with Gasteiger partial charge in [0.25, 0.3) is 5.91 Å². The summed E-state index contributed by atoms with van der Waals surface area (Å²) in [7, 11) is 1.65. The molecule has 1 aliphatic carbocycles. The van der Waals surface area contributed by atoms with Crippen molar-refractivity contribution in [2.24, 2.45) is 0 Å². The second-order valence-corrected chi connectivity index (χ2v) is 6.75.